The van der Waals surface area contributed by atoms with Crippen molar-refractivity contribution in [3.8, 4) is 29.4 Å². The number of hydrogen-bond acceptors (Lipinski definition) is 2. The van der Waals surface area contributed by atoms with Gasteiger partial charge >= 0.3 is 0 Å². The smallest absolute Gasteiger partial charge is 0.227 e. The normalized spacial score (nSPS) is 16.1. The van der Waals surface area contributed by atoms with Gasteiger partial charge in [0, 0.05) is 22.3 Å². The number of epoxide rings is 1. The third-order valence-corrected chi connectivity index (χ3v) is 5.89. The molecule has 2 nitrogen and oxygen atoms in total. The minimum Gasteiger partial charge on any atom is -0.462 e. The average Bonchev–Trinajstić information content (AvgIpc) is 3.60. The van der Waals surface area contributed by atoms with Gasteiger partial charge in [0.05, 0.1) is 0 Å². The predicted octanol–water partition coefficient (Wildman–Crippen LogP) is 6.90. The molecule has 0 radical (unpaired) electrons. The standard InChI is InChI=1S/C32H32O2/c1-4-7-24-9-11-25(12-10-24)15-19-29-20-16-27(23-28(29)6-3)14-13-26-17-21-30(22-18-26)33-32-31(34-32)8-5-2/h9-12,16-18,20-23,31-32H,4-8H2,1-3H3. The van der Waals surface area contributed by atoms with Crippen molar-refractivity contribution >= 4 is 0 Å². The van der Waals surface area contributed by atoms with Crippen molar-refractivity contribution in [2.24, 2.45) is 0 Å². The molecular formula is C32H32O2. The van der Waals surface area contributed by atoms with E-state index >= 15 is 0 Å². The summed E-state index contributed by atoms with van der Waals surface area (Å²) in [6.45, 7) is 6.52. The first-order chi connectivity index (χ1) is 16.7. The van der Waals surface area contributed by atoms with Gasteiger partial charge in [-0.05, 0) is 85.0 Å². The second kappa shape index (κ2) is 11.6. The summed E-state index contributed by atoms with van der Waals surface area (Å²) in [5.41, 5.74) is 6.66. The summed E-state index contributed by atoms with van der Waals surface area (Å²) < 4.78 is 11.4. The van der Waals surface area contributed by atoms with Gasteiger partial charge in [-0.1, -0.05) is 69.4 Å². The first kappa shape index (κ1) is 23.7. The zero-order chi connectivity index (χ0) is 23.8. The number of rotatable bonds is 7. The lowest BCUT2D eigenvalue weighted by Crippen LogP contribution is -2.02. The van der Waals surface area contributed by atoms with Crippen molar-refractivity contribution in [2.75, 3.05) is 0 Å². The third kappa shape index (κ3) is 6.54. The van der Waals surface area contributed by atoms with Crippen molar-refractivity contribution in [3.05, 3.63) is 100 Å². The Morgan fingerprint density at radius 3 is 2.06 bits per heavy atom. The Bertz CT molecular complexity index is 1210. The highest BCUT2D eigenvalue weighted by molar-refractivity contribution is 5.52. The van der Waals surface area contributed by atoms with Gasteiger partial charge in [0.15, 0.2) is 0 Å². The number of ether oxygens (including phenoxy) is 2. The molecule has 2 unspecified atom stereocenters. The molecule has 2 heteroatoms. The fraction of sp³-hybridized carbons (Fsp3) is 0.312. The van der Waals surface area contributed by atoms with E-state index in [1.165, 1.54) is 11.1 Å². The van der Waals surface area contributed by atoms with Crippen LogP contribution in [0, 0.1) is 23.7 Å². The van der Waals surface area contributed by atoms with Crippen LogP contribution < -0.4 is 4.74 Å². The van der Waals surface area contributed by atoms with Gasteiger partial charge in [0.25, 0.3) is 0 Å². The van der Waals surface area contributed by atoms with Crippen LogP contribution in [0.15, 0.2) is 66.7 Å². The number of benzene rings is 3. The van der Waals surface area contributed by atoms with Crippen LogP contribution in [0.2, 0.25) is 0 Å². The Hall–Kier alpha value is -3.46. The largest absolute Gasteiger partial charge is 0.462 e. The van der Waals surface area contributed by atoms with Crippen LogP contribution >= 0.6 is 0 Å². The number of aryl methyl sites for hydroxylation is 2. The predicted molar refractivity (Wildman–Crippen MR) is 139 cm³/mol. The minimum atomic E-state index is -0.0913. The zero-order valence-electron chi connectivity index (χ0n) is 20.4. The quantitative estimate of drug-likeness (QED) is 0.289. The Morgan fingerprint density at radius 2 is 1.38 bits per heavy atom. The van der Waals surface area contributed by atoms with Crippen molar-refractivity contribution in [1.29, 1.82) is 0 Å². The average molecular weight is 449 g/mol. The van der Waals surface area contributed by atoms with Crippen LogP contribution in [0.3, 0.4) is 0 Å². The summed E-state index contributed by atoms with van der Waals surface area (Å²) in [4.78, 5) is 0. The summed E-state index contributed by atoms with van der Waals surface area (Å²) in [7, 11) is 0. The fourth-order valence-electron chi connectivity index (χ4n) is 3.88. The maximum absolute atomic E-state index is 5.84. The Morgan fingerprint density at radius 1 is 0.735 bits per heavy atom. The van der Waals surface area contributed by atoms with Gasteiger partial charge in [0.1, 0.15) is 11.9 Å². The molecule has 0 spiro atoms. The van der Waals surface area contributed by atoms with Gasteiger partial charge in [0.2, 0.25) is 6.29 Å². The molecule has 1 saturated heterocycles. The lowest BCUT2D eigenvalue weighted by atomic mass is 10.0. The maximum atomic E-state index is 5.84. The molecule has 1 heterocycles. The molecule has 1 fully saturated rings. The van der Waals surface area contributed by atoms with Gasteiger partial charge in [-0.25, -0.2) is 0 Å². The molecule has 1 aliphatic rings. The second-order valence-electron chi connectivity index (χ2n) is 8.65. The molecule has 1 aliphatic heterocycles. The lowest BCUT2D eigenvalue weighted by Gasteiger charge is -2.03. The van der Waals surface area contributed by atoms with Gasteiger partial charge in [-0.3, -0.25) is 0 Å². The topological polar surface area (TPSA) is 21.8 Å². The lowest BCUT2D eigenvalue weighted by molar-refractivity contribution is 0.178. The van der Waals surface area contributed by atoms with Gasteiger partial charge in [-0.2, -0.15) is 0 Å². The summed E-state index contributed by atoms with van der Waals surface area (Å²) in [5.74, 6) is 14.0. The SMILES string of the molecule is CCCc1ccc(C#Cc2ccc(C#Cc3ccc(OC4OC4CCC)cc3)cc2CC)cc1. The Kier molecular flexibility index (Phi) is 8.08. The van der Waals surface area contributed by atoms with E-state index in [0.29, 0.717) is 0 Å². The van der Waals surface area contributed by atoms with Crippen molar-refractivity contribution in [2.45, 2.75) is 65.3 Å². The monoisotopic (exact) mass is 448 g/mol. The van der Waals surface area contributed by atoms with Crippen LogP contribution in [0.4, 0.5) is 0 Å². The van der Waals surface area contributed by atoms with Crippen LogP contribution in [-0.4, -0.2) is 12.4 Å². The highest BCUT2D eigenvalue weighted by atomic mass is 16.8. The van der Waals surface area contributed by atoms with E-state index in [9.17, 15) is 0 Å². The van der Waals surface area contributed by atoms with Gasteiger partial charge in [-0.15, -0.1) is 0 Å². The molecule has 2 atom stereocenters. The molecule has 4 rings (SSSR count). The molecule has 3 aromatic carbocycles. The van der Waals surface area contributed by atoms with E-state index < -0.39 is 0 Å². The van der Waals surface area contributed by atoms with Crippen molar-refractivity contribution in [3.63, 3.8) is 0 Å². The van der Waals surface area contributed by atoms with Gasteiger partial charge < -0.3 is 9.47 Å². The summed E-state index contributed by atoms with van der Waals surface area (Å²) >= 11 is 0. The molecule has 0 bridgehead atoms. The highest BCUT2D eigenvalue weighted by Gasteiger charge is 2.40. The zero-order valence-corrected chi connectivity index (χ0v) is 20.4. The molecule has 3 aromatic rings. The van der Waals surface area contributed by atoms with Crippen LogP contribution in [0.25, 0.3) is 0 Å². The summed E-state index contributed by atoms with van der Waals surface area (Å²) in [6.07, 6.45) is 5.51. The first-order valence-corrected chi connectivity index (χ1v) is 12.4. The van der Waals surface area contributed by atoms with E-state index in [2.05, 4.69) is 86.9 Å². The molecule has 0 saturated carbocycles. The van der Waals surface area contributed by atoms with Crippen LogP contribution in [0.5, 0.6) is 5.75 Å². The van der Waals surface area contributed by atoms with Crippen LogP contribution in [0.1, 0.15) is 73.4 Å². The van der Waals surface area contributed by atoms with Crippen LogP contribution in [-0.2, 0) is 17.6 Å². The summed E-state index contributed by atoms with van der Waals surface area (Å²) in [6, 6.07) is 22.8. The number of hydrogen-bond donors (Lipinski definition) is 0. The second-order valence-corrected chi connectivity index (χ2v) is 8.65. The van der Waals surface area contributed by atoms with E-state index in [-0.39, 0.29) is 12.4 Å². The molecule has 0 aromatic heterocycles. The van der Waals surface area contributed by atoms with Crippen molar-refractivity contribution in [1.82, 2.24) is 0 Å². The molecule has 0 aliphatic carbocycles. The molecule has 172 valence electrons. The van der Waals surface area contributed by atoms with E-state index in [1.807, 2.05) is 24.3 Å². The highest BCUT2D eigenvalue weighted by Crippen LogP contribution is 2.29. The molecule has 0 amide bonds. The molecule has 0 N–H and O–H groups in total. The Balaban J connectivity index is 1.40. The third-order valence-electron chi connectivity index (χ3n) is 5.89. The van der Waals surface area contributed by atoms with E-state index in [0.717, 1.165) is 60.1 Å². The minimum absolute atomic E-state index is 0.0913. The maximum Gasteiger partial charge on any atom is 0.227 e. The summed E-state index contributed by atoms with van der Waals surface area (Å²) in [5, 5.41) is 0. The molecule has 34 heavy (non-hydrogen) atoms. The van der Waals surface area contributed by atoms with Crippen molar-refractivity contribution < 1.29 is 9.47 Å². The molecular weight excluding hydrogens is 416 g/mol. The first-order valence-electron chi connectivity index (χ1n) is 12.4. The van der Waals surface area contributed by atoms with E-state index in [4.69, 9.17) is 9.47 Å². The Labute approximate surface area is 204 Å². The fourth-order valence-corrected chi connectivity index (χ4v) is 3.88. The van der Waals surface area contributed by atoms with E-state index in [1.54, 1.807) is 0 Å².